The Morgan fingerprint density at radius 1 is 0.963 bits per heavy atom. The molecule has 4 rings (SSSR count). The average molecular weight is 374 g/mol. The quantitative estimate of drug-likeness (QED) is 0.668. The van der Waals surface area contributed by atoms with Crippen LogP contribution in [0.2, 0.25) is 0 Å². The molecule has 0 N–H and O–H groups in total. The minimum atomic E-state index is -4.67. The summed E-state index contributed by atoms with van der Waals surface area (Å²) in [5.74, 6) is -0.969. The van der Waals surface area contributed by atoms with Crippen molar-refractivity contribution in [2.45, 2.75) is 43.7 Å². The van der Waals surface area contributed by atoms with Gasteiger partial charge in [-0.1, -0.05) is 43.2 Å². The molecule has 3 aromatic rings. The number of hydrogen-bond acceptors (Lipinski definition) is 5. The summed E-state index contributed by atoms with van der Waals surface area (Å²) in [5, 5.41) is 6.45. The van der Waals surface area contributed by atoms with Crippen molar-refractivity contribution < 1.29 is 17.6 Å². The van der Waals surface area contributed by atoms with E-state index in [4.69, 9.17) is 0 Å². The van der Waals surface area contributed by atoms with Gasteiger partial charge in [-0.25, -0.2) is 9.97 Å². The number of alkyl halides is 3. The van der Waals surface area contributed by atoms with Gasteiger partial charge in [0.05, 0.1) is 5.56 Å². The van der Waals surface area contributed by atoms with Crippen molar-refractivity contribution in [3.8, 4) is 11.5 Å². The van der Waals surface area contributed by atoms with Crippen molar-refractivity contribution in [3.05, 3.63) is 60.0 Å². The van der Waals surface area contributed by atoms with E-state index in [-0.39, 0.29) is 16.9 Å². The van der Waals surface area contributed by atoms with Crippen molar-refractivity contribution in [1.82, 2.24) is 20.2 Å². The van der Waals surface area contributed by atoms with Gasteiger partial charge in [0.1, 0.15) is 5.82 Å². The van der Waals surface area contributed by atoms with E-state index < -0.39 is 12.1 Å². The smallest absolute Gasteiger partial charge is 0.413 e. The highest BCUT2D eigenvalue weighted by molar-refractivity contribution is 5.48. The van der Waals surface area contributed by atoms with Gasteiger partial charge in [-0.2, -0.15) is 13.2 Å². The van der Waals surface area contributed by atoms with E-state index >= 15 is 0 Å². The Morgan fingerprint density at radius 3 is 2.22 bits per heavy atom. The molecule has 0 bridgehead atoms. The molecule has 2 aromatic heterocycles. The number of hydrogen-bond donors (Lipinski definition) is 0. The van der Waals surface area contributed by atoms with Gasteiger partial charge >= 0.3 is 12.1 Å². The van der Waals surface area contributed by atoms with Gasteiger partial charge < -0.3 is 4.42 Å². The maximum Gasteiger partial charge on any atom is 0.470 e. The van der Waals surface area contributed by atoms with Gasteiger partial charge in [-0.3, -0.25) is 0 Å². The van der Waals surface area contributed by atoms with Crippen LogP contribution in [0.5, 0.6) is 0 Å². The van der Waals surface area contributed by atoms with Crippen molar-refractivity contribution in [2.75, 3.05) is 0 Å². The third-order valence-corrected chi connectivity index (χ3v) is 5.06. The van der Waals surface area contributed by atoms with E-state index in [9.17, 15) is 13.2 Å². The number of aromatic nitrogens is 4. The second-order valence-corrected chi connectivity index (χ2v) is 6.83. The van der Waals surface area contributed by atoms with E-state index in [1.54, 1.807) is 0 Å². The molecule has 1 aliphatic carbocycles. The van der Waals surface area contributed by atoms with Gasteiger partial charge in [0, 0.05) is 24.2 Å². The van der Waals surface area contributed by atoms with E-state index in [0.29, 0.717) is 12.2 Å². The van der Waals surface area contributed by atoms with Crippen LogP contribution in [0.1, 0.15) is 43.0 Å². The van der Waals surface area contributed by atoms with Crippen LogP contribution in [0, 0.1) is 0 Å². The highest BCUT2D eigenvalue weighted by Gasteiger charge is 2.38. The predicted octanol–water partition coefficient (Wildman–Crippen LogP) is 4.60. The summed E-state index contributed by atoms with van der Waals surface area (Å²) in [6.45, 7) is 0. The Kier molecular flexibility index (Phi) is 4.41. The van der Waals surface area contributed by atoms with Crippen molar-refractivity contribution in [3.63, 3.8) is 0 Å². The van der Waals surface area contributed by atoms with Gasteiger partial charge in [-0.15, -0.1) is 10.2 Å². The molecular formula is C19H17F3N4O. The zero-order chi connectivity index (χ0) is 18.9. The Morgan fingerprint density at radius 2 is 1.63 bits per heavy atom. The first-order valence-corrected chi connectivity index (χ1v) is 8.74. The highest BCUT2D eigenvalue weighted by Crippen LogP contribution is 2.43. The van der Waals surface area contributed by atoms with E-state index in [2.05, 4.69) is 36.7 Å². The van der Waals surface area contributed by atoms with Crippen LogP contribution in [-0.4, -0.2) is 20.2 Å². The van der Waals surface area contributed by atoms with Crippen LogP contribution < -0.4 is 0 Å². The minimum absolute atomic E-state index is 0.0106. The summed E-state index contributed by atoms with van der Waals surface area (Å²) < 4.78 is 42.4. The lowest BCUT2D eigenvalue weighted by atomic mass is 9.76. The van der Waals surface area contributed by atoms with Gasteiger partial charge in [0.15, 0.2) is 0 Å². The van der Waals surface area contributed by atoms with Crippen molar-refractivity contribution in [1.29, 1.82) is 0 Å². The van der Waals surface area contributed by atoms with Crippen LogP contribution in [-0.2, 0) is 18.0 Å². The summed E-state index contributed by atoms with van der Waals surface area (Å²) in [6.07, 6.45) is 3.35. The monoisotopic (exact) mass is 374 g/mol. The molecule has 1 fully saturated rings. The molecule has 27 heavy (non-hydrogen) atoms. The maximum absolute atomic E-state index is 12.6. The second-order valence-electron chi connectivity index (χ2n) is 6.83. The molecule has 140 valence electrons. The molecule has 0 unspecified atom stereocenters. The summed E-state index contributed by atoms with van der Waals surface area (Å²) in [7, 11) is 0. The zero-order valence-electron chi connectivity index (χ0n) is 14.4. The first-order chi connectivity index (χ1) is 13.0. The minimum Gasteiger partial charge on any atom is -0.413 e. The average Bonchev–Trinajstić information content (AvgIpc) is 3.33. The maximum atomic E-state index is 12.6. The molecule has 1 saturated carbocycles. The lowest BCUT2D eigenvalue weighted by Crippen LogP contribution is -2.26. The first kappa shape index (κ1) is 17.6. The van der Waals surface area contributed by atoms with Crippen LogP contribution >= 0.6 is 0 Å². The lowest BCUT2D eigenvalue weighted by Gasteiger charge is -2.29. The second kappa shape index (κ2) is 6.75. The zero-order valence-corrected chi connectivity index (χ0v) is 14.4. The summed E-state index contributed by atoms with van der Waals surface area (Å²) >= 11 is 0. The molecule has 5 nitrogen and oxygen atoms in total. The lowest BCUT2D eigenvalue weighted by molar-refractivity contribution is -0.156. The Hall–Kier alpha value is -2.77. The fourth-order valence-corrected chi connectivity index (χ4v) is 3.72. The number of nitrogens with zero attached hydrogens (tertiary/aromatic N) is 4. The van der Waals surface area contributed by atoms with Crippen molar-refractivity contribution >= 4 is 0 Å². The Bertz CT molecular complexity index is 901. The van der Waals surface area contributed by atoms with Gasteiger partial charge in [0.2, 0.25) is 0 Å². The summed E-state index contributed by atoms with van der Waals surface area (Å²) in [5.41, 5.74) is 1.56. The number of benzene rings is 1. The molecule has 8 heteroatoms. The van der Waals surface area contributed by atoms with Crippen LogP contribution in [0.15, 0.2) is 47.1 Å². The molecule has 1 aliphatic rings. The molecular weight excluding hydrogens is 357 g/mol. The van der Waals surface area contributed by atoms with Gasteiger partial charge in [-0.05, 0) is 18.4 Å². The predicted molar refractivity (Wildman–Crippen MR) is 90.6 cm³/mol. The van der Waals surface area contributed by atoms with Crippen LogP contribution in [0.4, 0.5) is 13.2 Å². The topological polar surface area (TPSA) is 64.7 Å². The molecule has 0 aliphatic heterocycles. The Labute approximate surface area is 153 Å². The normalized spacial score (nSPS) is 16.6. The van der Waals surface area contributed by atoms with Crippen molar-refractivity contribution in [2.24, 2.45) is 0 Å². The largest absolute Gasteiger partial charge is 0.470 e. The molecule has 0 atom stereocenters. The third kappa shape index (κ3) is 3.56. The molecule has 0 saturated heterocycles. The molecule has 0 spiro atoms. The number of halogens is 3. The van der Waals surface area contributed by atoms with Crippen LogP contribution in [0.25, 0.3) is 11.5 Å². The SMILES string of the molecule is FC(F)(F)c1nnc(-c2cnc(CC3(c4ccccc4)CCCC3)nc2)o1. The van der Waals surface area contributed by atoms with Crippen LogP contribution in [0.3, 0.4) is 0 Å². The standard InChI is InChI=1S/C19H17F3N4O/c20-19(21,22)17-26-25-16(27-17)13-11-23-15(24-12-13)10-18(8-4-5-9-18)14-6-2-1-3-7-14/h1-3,6-7,11-12H,4-5,8-10H2. The van der Waals surface area contributed by atoms with E-state index in [1.165, 1.54) is 18.0 Å². The molecule has 2 heterocycles. The van der Waals surface area contributed by atoms with Gasteiger partial charge in [0.25, 0.3) is 5.89 Å². The van der Waals surface area contributed by atoms with E-state index in [1.807, 2.05) is 18.2 Å². The Balaban J connectivity index is 1.56. The summed E-state index contributed by atoms with van der Waals surface area (Å²) in [4.78, 5) is 8.68. The first-order valence-electron chi connectivity index (χ1n) is 8.74. The fourth-order valence-electron chi connectivity index (χ4n) is 3.72. The summed E-state index contributed by atoms with van der Waals surface area (Å²) in [6, 6.07) is 10.3. The molecule has 0 radical (unpaired) electrons. The third-order valence-electron chi connectivity index (χ3n) is 5.06. The highest BCUT2D eigenvalue weighted by atomic mass is 19.4. The molecule has 0 amide bonds. The van der Waals surface area contributed by atoms with E-state index in [0.717, 1.165) is 25.7 Å². The fraction of sp³-hybridized carbons (Fsp3) is 0.368. The number of rotatable bonds is 4. The molecule has 1 aromatic carbocycles.